The highest BCUT2D eigenvalue weighted by Crippen LogP contribution is 2.22. The maximum atomic E-state index is 12.9. The second-order valence-electron chi connectivity index (χ2n) is 7.52. The van der Waals surface area contributed by atoms with Crippen LogP contribution in [0.4, 0.5) is 0 Å². The van der Waals surface area contributed by atoms with E-state index in [9.17, 15) is 4.79 Å². The van der Waals surface area contributed by atoms with Crippen LogP contribution in [0.25, 0.3) is 10.9 Å². The third-order valence-electron chi connectivity index (χ3n) is 5.52. The number of benzene rings is 2. The number of nitrogens with zero attached hydrogens (tertiary/aromatic N) is 2. The molecule has 1 amide bonds. The van der Waals surface area contributed by atoms with E-state index in [4.69, 9.17) is 9.47 Å². The lowest BCUT2D eigenvalue weighted by atomic mass is 10.1. The molecule has 1 aliphatic heterocycles. The van der Waals surface area contributed by atoms with E-state index in [1.165, 1.54) is 5.56 Å². The zero-order valence-electron chi connectivity index (χ0n) is 17.5. The molecule has 0 spiro atoms. The number of morpholine rings is 1. The summed E-state index contributed by atoms with van der Waals surface area (Å²) in [5, 5.41) is 3.99. The van der Waals surface area contributed by atoms with Gasteiger partial charge in [-0.05, 0) is 36.2 Å². The van der Waals surface area contributed by atoms with Crippen LogP contribution in [-0.2, 0) is 17.8 Å². The Morgan fingerprint density at radius 2 is 1.90 bits per heavy atom. The first-order chi connectivity index (χ1) is 14.6. The van der Waals surface area contributed by atoms with Crippen molar-refractivity contribution in [2.75, 3.05) is 33.4 Å². The number of nitrogens with one attached hydrogen (secondary N) is 1. The number of pyridine rings is 1. The molecule has 2 heterocycles. The lowest BCUT2D eigenvalue weighted by molar-refractivity contribution is 0.0340. The molecule has 6 heteroatoms. The minimum Gasteiger partial charge on any atom is -0.497 e. The smallest absolute Gasteiger partial charge is 0.253 e. The van der Waals surface area contributed by atoms with Crippen molar-refractivity contribution in [2.45, 2.75) is 20.0 Å². The fourth-order valence-electron chi connectivity index (χ4n) is 3.76. The molecule has 30 heavy (non-hydrogen) atoms. The van der Waals surface area contributed by atoms with Crippen molar-refractivity contribution in [3.05, 3.63) is 70.9 Å². The molecule has 0 bridgehead atoms. The first-order valence-corrected chi connectivity index (χ1v) is 10.2. The largest absolute Gasteiger partial charge is 0.497 e. The number of ether oxygens (including phenoxy) is 2. The number of rotatable bonds is 6. The summed E-state index contributed by atoms with van der Waals surface area (Å²) in [7, 11) is 1.63. The standard InChI is InChI=1S/C24H27N3O3/c1-17-22(13-18-7-8-21(29-2)14-23(18)26-17)24(28)25-15-19-5-3-4-6-20(19)16-27-9-11-30-12-10-27/h3-8,13-14H,9-12,15-16H2,1-2H3,(H,25,28). The zero-order chi connectivity index (χ0) is 20.9. The van der Waals surface area contributed by atoms with E-state index in [1.807, 2.05) is 43.3 Å². The van der Waals surface area contributed by atoms with E-state index >= 15 is 0 Å². The Morgan fingerprint density at radius 1 is 1.13 bits per heavy atom. The van der Waals surface area contributed by atoms with Gasteiger partial charge in [-0.15, -0.1) is 0 Å². The van der Waals surface area contributed by atoms with Gasteiger partial charge in [0.1, 0.15) is 5.75 Å². The number of hydrogen-bond donors (Lipinski definition) is 1. The number of methoxy groups -OCH3 is 1. The first kappa shape index (κ1) is 20.3. The molecule has 0 radical (unpaired) electrons. The SMILES string of the molecule is COc1ccc2cc(C(=O)NCc3ccccc3CN3CCOCC3)c(C)nc2c1. The van der Waals surface area contributed by atoms with Crippen LogP contribution in [0.1, 0.15) is 27.2 Å². The van der Waals surface area contributed by atoms with Gasteiger partial charge < -0.3 is 14.8 Å². The van der Waals surface area contributed by atoms with E-state index in [2.05, 4.69) is 27.3 Å². The third kappa shape index (κ3) is 4.61. The highest BCUT2D eigenvalue weighted by molar-refractivity contribution is 5.98. The average molecular weight is 405 g/mol. The molecule has 0 atom stereocenters. The predicted octanol–water partition coefficient (Wildman–Crippen LogP) is 3.31. The van der Waals surface area contributed by atoms with Gasteiger partial charge in [0.15, 0.2) is 0 Å². The van der Waals surface area contributed by atoms with Crippen LogP contribution in [0.15, 0.2) is 48.5 Å². The van der Waals surface area contributed by atoms with Crippen molar-refractivity contribution in [1.29, 1.82) is 0 Å². The highest BCUT2D eigenvalue weighted by Gasteiger charge is 2.15. The molecule has 1 N–H and O–H groups in total. The number of aryl methyl sites for hydroxylation is 1. The molecule has 0 aliphatic carbocycles. The molecular weight excluding hydrogens is 378 g/mol. The highest BCUT2D eigenvalue weighted by atomic mass is 16.5. The van der Waals surface area contributed by atoms with E-state index in [-0.39, 0.29) is 5.91 Å². The fraction of sp³-hybridized carbons (Fsp3) is 0.333. The zero-order valence-corrected chi connectivity index (χ0v) is 17.5. The molecule has 6 nitrogen and oxygen atoms in total. The van der Waals surface area contributed by atoms with Gasteiger partial charge in [-0.2, -0.15) is 0 Å². The second-order valence-corrected chi connectivity index (χ2v) is 7.52. The van der Waals surface area contributed by atoms with Gasteiger partial charge >= 0.3 is 0 Å². The van der Waals surface area contributed by atoms with Crippen LogP contribution in [0.3, 0.4) is 0 Å². The Balaban J connectivity index is 1.48. The molecule has 1 saturated heterocycles. The lowest BCUT2D eigenvalue weighted by Gasteiger charge is -2.27. The fourth-order valence-corrected chi connectivity index (χ4v) is 3.76. The molecule has 1 fully saturated rings. The number of carbonyl (C=O) groups is 1. The summed E-state index contributed by atoms with van der Waals surface area (Å²) in [4.78, 5) is 19.9. The molecule has 0 unspecified atom stereocenters. The van der Waals surface area contributed by atoms with Gasteiger partial charge in [-0.1, -0.05) is 24.3 Å². The lowest BCUT2D eigenvalue weighted by Crippen LogP contribution is -2.36. The molecule has 156 valence electrons. The summed E-state index contributed by atoms with van der Waals surface area (Å²) >= 11 is 0. The Bertz CT molecular complexity index is 1050. The molecular formula is C24H27N3O3. The van der Waals surface area contributed by atoms with Crippen LogP contribution in [0.5, 0.6) is 5.75 Å². The quantitative estimate of drug-likeness (QED) is 0.682. The van der Waals surface area contributed by atoms with Crippen molar-refractivity contribution in [3.8, 4) is 5.75 Å². The van der Waals surface area contributed by atoms with Crippen molar-refractivity contribution in [3.63, 3.8) is 0 Å². The van der Waals surface area contributed by atoms with Gasteiger partial charge in [-0.3, -0.25) is 14.7 Å². The minimum atomic E-state index is -0.112. The number of fused-ring (bicyclic) bond motifs is 1. The van der Waals surface area contributed by atoms with Gasteiger partial charge in [-0.25, -0.2) is 0 Å². The molecule has 0 saturated carbocycles. The van der Waals surface area contributed by atoms with Crippen LogP contribution in [0.2, 0.25) is 0 Å². The Morgan fingerprint density at radius 3 is 2.67 bits per heavy atom. The topological polar surface area (TPSA) is 63.7 Å². The van der Waals surface area contributed by atoms with Crippen LogP contribution < -0.4 is 10.1 Å². The number of aromatic nitrogens is 1. The summed E-state index contributed by atoms with van der Waals surface area (Å²) in [5.41, 5.74) is 4.49. The maximum absolute atomic E-state index is 12.9. The van der Waals surface area contributed by atoms with E-state index < -0.39 is 0 Å². The van der Waals surface area contributed by atoms with Crippen molar-refractivity contribution in [2.24, 2.45) is 0 Å². The molecule has 2 aromatic carbocycles. The average Bonchev–Trinajstić information content (AvgIpc) is 2.78. The second kappa shape index (κ2) is 9.24. The predicted molar refractivity (Wildman–Crippen MR) is 117 cm³/mol. The maximum Gasteiger partial charge on any atom is 0.253 e. The van der Waals surface area contributed by atoms with Crippen LogP contribution >= 0.6 is 0 Å². The Kier molecular flexibility index (Phi) is 6.26. The van der Waals surface area contributed by atoms with E-state index in [0.29, 0.717) is 17.8 Å². The monoisotopic (exact) mass is 405 g/mol. The number of carbonyl (C=O) groups excluding carboxylic acids is 1. The number of amides is 1. The normalized spacial score (nSPS) is 14.6. The summed E-state index contributed by atoms with van der Waals surface area (Å²) in [6.45, 7) is 6.65. The van der Waals surface area contributed by atoms with Gasteiger partial charge in [0.25, 0.3) is 5.91 Å². The van der Waals surface area contributed by atoms with Crippen molar-refractivity contribution in [1.82, 2.24) is 15.2 Å². The van der Waals surface area contributed by atoms with Crippen LogP contribution in [0, 0.1) is 6.92 Å². The Hall–Kier alpha value is -2.96. The first-order valence-electron chi connectivity index (χ1n) is 10.2. The van der Waals surface area contributed by atoms with E-state index in [0.717, 1.165) is 55.1 Å². The van der Waals surface area contributed by atoms with Crippen molar-refractivity contribution >= 4 is 16.8 Å². The summed E-state index contributed by atoms with van der Waals surface area (Å²) in [6, 6.07) is 15.9. The van der Waals surface area contributed by atoms with Crippen LogP contribution in [-0.4, -0.2) is 49.2 Å². The Labute approximate surface area is 176 Å². The summed E-state index contributed by atoms with van der Waals surface area (Å²) < 4.78 is 10.7. The van der Waals surface area contributed by atoms with Crippen molar-refractivity contribution < 1.29 is 14.3 Å². The number of hydrogen-bond acceptors (Lipinski definition) is 5. The molecule has 3 aromatic rings. The molecule has 1 aromatic heterocycles. The van der Waals surface area contributed by atoms with Gasteiger partial charge in [0, 0.05) is 37.6 Å². The minimum absolute atomic E-state index is 0.112. The summed E-state index contributed by atoms with van der Waals surface area (Å²) in [6.07, 6.45) is 0. The summed E-state index contributed by atoms with van der Waals surface area (Å²) in [5.74, 6) is 0.641. The van der Waals surface area contributed by atoms with Gasteiger partial charge in [0.05, 0.1) is 37.1 Å². The molecule has 4 rings (SSSR count). The molecule has 1 aliphatic rings. The van der Waals surface area contributed by atoms with Gasteiger partial charge in [0.2, 0.25) is 0 Å². The van der Waals surface area contributed by atoms with E-state index in [1.54, 1.807) is 7.11 Å². The third-order valence-corrected chi connectivity index (χ3v) is 5.52.